The first-order valence-corrected chi connectivity index (χ1v) is 17.6. The number of aromatic nitrogens is 4. The largest absolute Gasteiger partial charge is 0.385 e. The van der Waals surface area contributed by atoms with E-state index in [2.05, 4.69) is 68.6 Å². The number of rotatable bonds is 9. The highest BCUT2D eigenvalue weighted by molar-refractivity contribution is 6.23. The maximum Gasteiger partial charge on any atom is 0.262 e. The van der Waals surface area contributed by atoms with Crippen molar-refractivity contribution in [3.05, 3.63) is 66.1 Å². The molecule has 1 saturated carbocycles. The molecule has 0 spiro atoms. The number of anilines is 2. The smallest absolute Gasteiger partial charge is 0.262 e. The second kappa shape index (κ2) is 12.9. The van der Waals surface area contributed by atoms with Gasteiger partial charge in [-0.15, -0.1) is 0 Å². The van der Waals surface area contributed by atoms with Crippen LogP contribution in [0.2, 0.25) is 0 Å². The van der Waals surface area contributed by atoms with Gasteiger partial charge in [0.2, 0.25) is 11.8 Å². The van der Waals surface area contributed by atoms with Gasteiger partial charge in [-0.3, -0.25) is 39.1 Å². The van der Waals surface area contributed by atoms with E-state index in [0.717, 1.165) is 84.7 Å². The number of carbonyl (C=O) groups excluding carboxylic acids is 4. The number of hydrogen-bond acceptors (Lipinski definition) is 10. The first kappa shape index (κ1) is 32.1. The third-order valence-corrected chi connectivity index (χ3v) is 10.9. The Kier molecular flexibility index (Phi) is 8.30. The van der Waals surface area contributed by atoms with E-state index in [-0.39, 0.29) is 29.9 Å². The molecule has 2 aromatic carbocycles. The highest BCUT2D eigenvalue weighted by Gasteiger charge is 2.44. The average molecular weight is 676 g/mol. The van der Waals surface area contributed by atoms with Gasteiger partial charge in [-0.25, -0.2) is 4.98 Å². The summed E-state index contributed by atoms with van der Waals surface area (Å²) in [4.78, 5) is 65.4. The minimum absolute atomic E-state index is 0.0971. The number of nitrogens with zero attached hydrogens (tertiary/aromatic N) is 7. The van der Waals surface area contributed by atoms with Crippen LogP contribution in [0.4, 0.5) is 11.4 Å². The highest BCUT2D eigenvalue weighted by Crippen LogP contribution is 2.40. The summed E-state index contributed by atoms with van der Waals surface area (Å²) in [5.74, 6) is -1.37. The van der Waals surface area contributed by atoms with Crippen molar-refractivity contribution in [3.63, 3.8) is 0 Å². The SMILES string of the molecule is C[C@H]1CN(c2ccc3ncc(-c4cnn([C@H]5C[C@H](CCCNc6ccc7c(c6)C(=O)N(C6CCC(=O)NC6=O)C7=O)C5)c4)nc3c2)CCN1C. The number of nitrogens with one attached hydrogen (secondary N) is 2. The second-order valence-electron chi connectivity index (χ2n) is 14.2. The topological polar surface area (TPSA) is 146 Å². The van der Waals surface area contributed by atoms with Crippen molar-refractivity contribution in [2.45, 2.75) is 63.6 Å². The van der Waals surface area contributed by atoms with Crippen LogP contribution in [0, 0.1) is 5.92 Å². The molecule has 0 bridgehead atoms. The quantitative estimate of drug-likeness (QED) is 0.198. The van der Waals surface area contributed by atoms with Gasteiger partial charge in [-0.05, 0) is 88.4 Å². The minimum Gasteiger partial charge on any atom is -0.385 e. The van der Waals surface area contributed by atoms with E-state index in [0.29, 0.717) is 18.0 Å². The van der Waals surface area contributed by atoms with Gasteiger partial charge in [0.25, 0.3) is 11.8 Å². The lowest BCUT2D eigenvalue weighted by Gasteiger charge is -2.39. The fourth-order valence-electron chi connectivity index (χ4n) is 7.65. The Morgan fingerprint density at radius 2 is 1.80 bits per heavy atom. The lowest BCUT2D eigenvalue weighted by molar-refractivity contribution is -0.136. The Balaban J connectivity index is 0.819. The lowest BCUT2D eigenvalue weighted by atomic mass is 9.77. The molecule has 1 unspecified atom stereocenters. The molecule has 2 aromatic heterocycles. The third kappa shape index (κ3) is 5.99. The molecule has 3 fully saturated rings. The molecule has 4 amide bonds. The second-order valence-corrected chi connectivity index (χ2v) is 14.2. The fraction of sp³-hybridized carbons (Fsp3) is 0.432. The lowest BCUT2D eigenvalue weighted by Crippen LogP contribution is -2.54. The number of benzene rings is 2. The minimum atomic E-state index is -0.964. The van der Waals surface area contributed by atoms with E-state index in [9.17, 15) is 19.2 Å². The van der Waals surface area contributed by atoms with Crippen molar-refractivity contribution in [2.75, 3.05) is 43.4 Å². The van der Waals surface area contributed by atoms with Crippen molar-refractivity contribution in [1.82, 2.24) is 34.9 Å². The molecular formula is C37H41N9O4. The monoisotopic (exact) mass is 675 g/mol. The van der Waals surface area contributed by atoms with Crippen LogP contribution in [0.5, 0.6) is 0 Å². The van der Waals surface area contributed by atoms with Crippen LogP contribution in [-0.2, 0) is 9.59 Å². The van der Waals surface area contributed by atoms with E-state index in [1.54, 1.807) is 18.2 Å². The molecule has 2 N–H and O–H groups in total. The zero-order chi connectivity index (χ0) is 34.5. The molecule has 4 aliphatic rings. The Morgan fingerprint density at radius 1 is 0.960 bits per heavy atom. The Morgan fingerprint density at radius 3 is 2.62 bits per heavy atom. The standard InChI is InChI=1S/C37H41N9O4/c1-22-20-44(13-12-43(22)2)26-6-8-30-31(17-26)41-32(19-39-30)24-18-40-45(21-24)27-14-23(15-27)4-3-11-38-25-5-7-28-29(16-25)37(50)46(36(28)49)33-9-10-34(47)42-35(33)48/h5-8,16-19,21-23,27,33,38H,3-4,9-15,20H2,1-2H3,(H,42,47,48)/t22-,23-,27-,33?/m0/s1. The third-order valence-electron chi connectivity index (χ3n) is 10.9. The van der Waals surface area contributed by atoms with Crippen molar-refractivity contribution >= 4 is 46.0 Å². The average Bonchev–Trinajstić information content (AvgIpc) is 3.67. The first-order chi connectivity index (χ1) is 24.2. The Labute approximate surface area is 290 Å². The summed E-state index contributed by atoms with van der Waals surface area (Å²) in [7, 11) is 2.18. The van der Waals surface area contributed by atoms with Crippen molar-refractivity contribution in [3.8, 4) is 11.3 Å². The normalized spacial score (nSPS) is 24.0. The number of fused-ring (bicyclic) bond motifs is 2. The molecule has 1 aliphatic carbocycles. The number of imide groups is 2. The van der Waals surface area contributed by atoms with E-state index < -0.39 is 23.8 Å². The van der Waals surface area contributed by atoms with E-state index in [1.165, 1.54) is 5.69 Å². The zero-order valence-electron chi connectivity index (χ0n) is 28.3. The predicted molar refractivity (Wildman–Crippen MR) is 188 cm³/mol. The Bertz CT molecular complexity index is 2000. The maximum absolute atomic E-state index is 13.1. The van der Waals surface area contributed by atoms with Gasteiger partial charge < -0.3 is 15.1 Å². The van der Waals surface area contributed by atoms with Gasteiger partial charge in [0.1, 0.15) is 6.04 Å². The summed E-state index contributed by atoms with van der Waals surface area (Å²) >= 11 is 0. The van der Waals surface area contributed by atoms with E-state index in [1.807, 2.05) is 12.4 Å². The maximum atomic E-state index is 13.1. The van der Waals surface area contributed by atoms with Gasteiger partial charge in [0.15, 0.2) is 0 Å². The van der Waals surface area contributed by atoms with Crippen LogP contribution in [0.1, 0.15) is 72.2 Å². The summed E-state index contributed by atoms with van der Waals surface area (Å²) < 4.78 is 2.07. The molecule has 2 atom stereocenters. The van der Waals surface area contributed by atoms with Gasteiger partial charge in [-0.2, -0.15) is 5.10 Å². The number of amides is 4. The number of likely N-dealkylation sites (N-methyl/N-ethyl adjacent to an activating group) is 1. The predicted octanol–water partition coefficient (Wildman–Crippen LogP) is 3.88. The number of piperidine rings is 1. The first-order valence-electron chi connectivity index (χ1n) is 17.6. The van der Waals surface area contributed by atoms with Gasteiger partial charge in [-0.1, -0.05) is 0 Å². The molecule has 3 aliphatic heterocycles. The van der Waals surface area contributed by atoms with Crippen molar-refractivity contribution < 1.29 is 19.2 Å². The molecule has 258 valence electrons. The van der Waals surface area contributed by atoms with E-state index in [4.69, 9.17) is 9.97 Å². The molecule has 50 heavy (non-hydrogen) atoms. The van der Waals surface area contributed by atoms with Crippen LogP contribution >= 0.6 is 0 Å². The zero-order valence-corrected chi connectivity index (χ0v) is 28.3. The number of piperazine rings is 1. The van der Waals surface area contributed by atoms with Crippen molar-refractivity contribution in [1.29, 1.82) is 0 Å². The van der Waals surface area contributed by atoms with Crippen LogP contribution in [0.3, 0.4) is 0 Å². The van der Waals surface area contributed by atoms with Gasteiger partial charge in [0, 0.05) is 61.8 Å². The Hall–Kier alpha value is -5.17. The van der Waals surface area contributed by atoms with Gasteiger partial charge >= 0.3 is 0 Å². The van der Waals surface area contributed by atoms with Crippen LogP contribution in [0.15, 0.2) is 55.0 Å². The molecule has 13 nitrogen and oxygen atoms in total. The highest BCUT2D eigenvalue weighted by atomic mass is 16.2. The summed E-state index contributed by atoms with van der Waals surface area (Å²) in [6.07, 6.45) is 10.2. The number of carbonyl (C=O) groups is 4. The molecule has 8 rings (SSSR count). The van der Waals surface area contributed by atoms with Crippen LogP contribution in [-0.4, -0.2) is 98.5 Å². The van der Waals surface area contributed by atoms with Gasteiger partial charge in [0.05, 0.1) is 46.3 Å². The summed E-state index contributed by atoms with van der Waals surface area (Å²) in [5, 5.41) is 10.3. The fourth-order valence-corrected chi connectivity index (χ4v) is 7.65. The van der Waals surface area contributed by atoms with Crippen LogP contribution in [0.25, 0.3) is 22.3 Å². The molecule has 13 heteroatoms. The summed E-state index contributed by atoms with van der Waals surface area (Å²) in [5.41, 5.74) is 6.09. The van der Waals surface area contributed by atoms with Crippen LogP contribution < -0.4 is 15.5 Å². The molecular weight excluding hydrogens is 634 g/mol. The molecule has 0 radical (unpaired) electrons. The van der Waals surface area contributed by atoms with Crippen molar-refractivity contribution in [2.24, 2.45) is 5.92 Å². The summed E-state index contributed by atoms with van der Waals surface area (Å²) in [6, 6.07) is 11.4. The summed E-state index contributed by atoms with van der Waals surface area (Å²) in [6.45, 7) is 6.04. The number of hydrogen-bond donors (Lipinski definition) is 2. The van der Waals surface area contributed by atoms with E-state index >= 15 is 0 Å². The molecule has 4 aromatic rings. The molecule has 5 heterocycles. The molecule has 2 saturated heterocycles.